The SMILES string of the molecule is CCc1ncc[nH]1.[HH]. The molecule has 0 unspecified atom stereocenters. The molecule has 2 nitrogen and oxygen atoms in total. The lowest BCUT2D eigenvalue weighted by Gasteiger charge is -1.79. The zero-order valence-electron chi connectivity index (χ0n) is 4.31. The highest BCUT2D eigenvalue weighted by molar-refractivity contribution is 4.84. The molecule has 1 aromatic heterocycles. The van der Waals surface area contributed by atoms with Crippen molar-refractivity contribution in [1.82, 2.24) is 9.97 Å². The van der Waals surface area contributed by atoms with E-state index in [2.05, 4.69) is 16.9 Å². The molecule has 0 radical (unpaired) electrons. The van der Waals surface area contributed by atoms with Crippen LogP contribution in [-0.4, -0.2) is 9.97 Å². The number of imidazole rings is 1. The number of hydrogen-bond acceptors (Lipinski definition) is 1. The Bertz CT molecular complexity index is 125. The van der Waals surface area contributed by atoms with Crippen LogP contribution in [0.4, 0.5) is 0 Å². The van der Waals surface area contributed by atoms with Crippen molar-refractivity contribution >= 4 is 0 Å². The zero-order chi connectivity index (χ0) is 5.11. The predicted octanol–water partition coefficient (Wildman–Crippen LogP) is 1.22. The van der Waals surface area contributed by atoms with Crippen molar-refractivity contribution in [2.24, 2.45) is 0 Å². The van der Waals surface area contributed by atoms with Gasteiger partial charge in [0.2, 0.25) is 0 Å². The molecular weight excluding hydrogens is 88.1 g/mol. The van der Waals surface area contributed by atoms with Gasteiger partial charge < -0.3 is 4.98 Å². The normalized spacial score (nSPS) is 9.29. The molecule has 0 aliphatic carbocycles. The molecule has 0 aromatic carbocycles. The Morgan fingerprint density at radius 2 is 2.86 bits per heavy atom. The van der Waals surface area contributed by atoms with Crippen molar-refractivity contribution in [2.75, 3.05) is 0 Å². The summed E-state index contributed by atoms with van der Waals surface area (Å²) in [6.07, 6.45) is 4.59. The molecule has 0 atom stereocenters. The van der Waals surface area contributed by atoms with E-state index < -0.39 is 0 Å². The molecule has 1 aromatic rings. The number of hydrogen-bond donors (Lipinski definition) is 1. The number of H-pyrrole nitrogens is 1. The Hall–Kier alpha value is -0.790. The van der Waals surface area contributed by atoms with E-state index in [0.717, 1.165) is 12.2 Å². The van der Waals surface area contributed by atoms with Gasteiger partial charge in [0, 0.05) is 20.2 Å². The Labute approximate surface area is 44.1 Å². The minimum atomic E-state index is 0. The second kappa shape index (κ2) is 1.78. The van der Waals surface area contributed by atoms with Crippen molar-refractivity contribution in [3.05, 3.63) is 18.2 Å². The van der Waals surface area contributed by atoms with Gasteiger partial charge in [-0.1, -0.05) is 6.92 Å². The molecule has 1 heterocycles. The molecule has 40 valence electrons. The van der Waals surface area contributed by atoms with Gasteiger partial charge in [-0.25, -0.2) is 4.98 Å². The van der Waals surface area contributed by atoms with Crippen LogP contribution in [0.3, 0.4) is 0 Å². The van der Waals surface area contributed by atoms with E-state index in [9.17, 15) is 0 Å². The van der Waals surface area contributed by atoms with Gasteiger partial charge in [-0.05, 0) is 0 Å². The quantitative estimate of drug-likeness (QED) is 0.562. The molecule has 0 aliphatic rings. The van der Waals surface area contributed by atoms with E-state index in [1.807, 2.05) is 6.20 Å². The van der Waals surface area contributed by atoms with E-state index in [1.54, 1.807) is 6.20 Å². The average molecular weight is 98.1 g/mol. The van der Waals surface area contributed by atoms with Crippen molar-refractivity contribution < 1.29 is 1.43 Å². The zero-order valence-corrected chi connectivity index (χ0v) is 4.31. The summed E-state index contributed by atoms with van der Waals surface area (Å²) in [5, 5.41) is 0. The van der Waals surface area contributed by atoms with Crippen LogP contribution in [0.5, 0.6) is 0 Å². The molecule has 0 aliphatic heterocycles. The Morgan fingerprint density at radius 1 is 2.00 bits per heavy atom. The van der Waals surface area contributed by atoms with Crippen LogP contribution in [0.25, 0.3) is 0 Å². The fourth-order valence-electron chi connectivity index (χ4n) is 0.491. The average Bonchev–Trinajstić information content (AvgIpc) is 2.14. The van der Waals surface area contributed by atoms with Gasteiger partial charge in [0.05, 0.1) is 0 Å². The smallest absolute Gasteiger partial charge is 0.105 e. The van der Waals surface area contributed by atoms with Crippen molar-refractivity contribution in [3.8, 4) is 0 Å². The highest BCUT2D eigenvalue weighted by Crippen LogP contribution is 1.85. The third-order valence-electron chi connectivity index (χ3n) is 0.890. The summed E-state index contributed by atoms with van der Waals surface area (Å²) >= 11 is 0. The second-order valence-electron chi connectivity index (χ2n) is 1.39. The molecule has 1 N–H and O–H groups in total. The summed E-state index contributed by atoms with van der Waals surface area (Å²) in [4.78, 5) is 6.95. The van der Waals surface area contributed by atoms with Gasteiger partial charge in [0.15, 0.2) is 0 Å². The fraction of sp³-hybridized carbons (Fsp3) is 0.400. The number of aromatic nitrogens is 2. The van der Waals surface area contributed by atoms with E-state index in [1.165, 1.54) is 0 Å². The van der Waals surface area contributed by atoms with E-state index >= 15 is 0 Å². The Balaban J connectivity index is 0.000000490. The summed E-state index contributed by atoms with van der Waals surface area (Å²) in [5.74, 6) is 1.06. The third kappa shape index (κ3) is 0.796. The first-order valence-electron chi connectivity index (χ1n) is 2.41. The van der Waals surface area contributed by atoms with Gasteiger partial charge in [-0.3, -0.25) is 0 Å². The molecule has 0 spiro atoms. The number of nitrogens with zero attached hydrogens (tertiary/aromatic N) is 1. The van der Waals surface area contributed by atoms with Crippen LogP contribution in [-0.2, 0) is 6.42 Å². The molecule has 2 heteroatoms. The highest BCUT2D eigenvalue weighted by atomic mass is 14.9. The fourth-order valence-corrected chi connectivity index (χ4v) is 0.491. The standard InChI is InChI=1S/C5H8N2.H2/c1-2-5-6-3-4-7-5;/h3-4H,2H2,1H3,(H,6,7);1H. The predicted molar refractivity (Wildman–Crippen MR) is 30.1 cm³/mol. The first-order chi connectivity index (χ1) is 3.43. The minimum Gasteiger partial charge on any atom is -0.349 e. The Morgan fingerprint density at radius 3 is 3.14 bits per heavy atom. The summed E-state index contributed by atoms with van der Waals surface area (Å²) in [5.41, 5.74) is 0. The topological polar surface area (TPSA) is 28.7 Å². The van der Waals surface area contributed by atoms with Gasteiger partial charge in [-0.15, -0.1) is 0 Å². The number of aromatic amines is 1. The lowest BCUT2D eigenvalue weighted by Crippen LogP contribution is -1.78. The minimum absolute atomic E-state index is 0. The summed E-state index contributed by atoms with van der Waals surface area (Å²) in [6, 6.07) is 0. The van der Waals surface area contributed by atoms with Crippen LogP contribution < -0.4 is 0 Å². The summed E-state index contributed by atoms with van der Waals surface area (Å²) < 4.78 is 0. The maximum absolute atomic E-state index is 3.98. The maximum atomic E-state index is 3.98. The molecule has 7 heavy (non-hydrogen) atoms. The molecule has 0 amide bonds. The van der Waals surface area contributed by atoms with Gasteiger partial charge in [0.1, 0.15) is 5.82 Å². The summed E-state index contributed by atoms with van der Waals surface area (Å²) in [6.45, 7) is 2.07. The molecule has 0 fully saturated rings. The second-order valence-corrected chi connectivity index (χ2v) is 1.39. The maximum Gasteiger partial charge on any atom is 0.105 e. The highest BCUT2D eigenvalue weighted by Gasteiger charge is 1.82. The van der Waals surface area contributed by atoms with E-state index in [4.69, 9.17) is 0 Å². The van der Waals surface area contributed by atoms with Crippen LogP contribution in [0, 0.1) is 0 Å². The van der Waals surface area contributed by atoms with Crippen molar-refractivity contribution in [3.63, 3.8) is 0 Å². The van der Waals surface area contributed by atoms with Gasteiger partial charge in [0.25, 0.3) is 0 Å². The molecule has 0 bridgehead atoms. The first kappa shape index (κ1) is 4.37. The van der Waals surface area contributed by atoms with Crippen LogP contribution >= 0.6 is 0 Å². The first-order valence-corrected chi connectivity index (χ1v) is 2.41. The van der Waals surface area contributed by atoms with Crippen LogP contribution in [0.15, 0.2) is 12.4 Å². The lowest BCUT2D eigenvalue weighted by atomic mass is 10.5. The molecular formula is C5H10N2. The number of nitrogens with one attached hydrogen (secondary N) is 1. The third-order valence-corrected chi connectivity index (χ3v) is 0.890. The van der Waals surface area contributed by atoms with Crippen LogP contribution in [0.1, 0.15) is 14.2 Å². The van der Waals surface area contributed by atoms with E-state index in [-0.39, 0.29) is 1.43 Å². The number of aryl methyl sites for hydroxylation is 1. The van der Waals surface area contributed by atoms with Crippen molar-refractivity contribution in [2.45, 2.75) is 13.3 Å². The molecule has 1 rings (SSSR count). The van der Waals surface area contributed by atoms with Gasteiger partial charge >= 0.3 is 0 Å². The molecule has 0 saturated carbocycles. The Kier molecular flexibility index (Phi) is 1.11. The number of rotatable bonds is 1. The monoisotopic (exact) mass is 98.1 g/mol. The van der Waals surface area contributed by atoms with Crippen LogP contribution in [0.2, 0.25) is 0 Å². The molecule has 0 saturated heterocycles. The lowest BCUT2D eigenvalue weighted by molar-refractivity contribution is 0.990. The van der Waals surface area contributed by atoms with E-state index in [0.29, 0.717) is 0 Å². The van der Waals surface area contributed by atoms with Gasteiger partial charge in [-0.2, -0.15) is 0 Å². The summed E-state index contributed by atoms with van der Waals surface area (Å²) in [7, 11) is 0. The van der Waals surface area contributed by atoms with Crippen molar-refractivity contribution in [1.29, 1.82) is 0 Å². The largest absolute Gasteiger partial charge is 0.349 e.